The summed E-state index contributed by atoms with van der Waals surface area (Å²) in [6.45, 7) is 11.4. The van der Waals surface area contributed by atoms with Gasteiger partial charge in [-0.2, -0.15) is 0 Å². The number of amides is 1. The van der Waals surface area contributed by atoms with E-state index in [2.05, 4.69) is 52.1 Å². The van der Waals surface area contributed by atoms with Crippen molar-refractivity contribution in [1.82, 2.24) is 5.32 Å². The second kappa shape index (κ2) is 10.5. The molecule has 1 aromatic rings. The first-order valence-corrected chi connectivity index (χ1v) is 12.6. The minimum absolute atomic E-state index is 0.0300. The van der Waals surface area contributed by atoms with Crippen LogP contribution >= 0.6 is 0 Å². The van der Waals surface area contributed by atoms with Gasteiger partial charge in [-0.1, -0.05) is 52.5 Å². The number of methoxy groups -OCH3 is 1. The Morgan fingerprint density at radius 2 is 2.03 bits per heavy atom. The minimum Gasteiger partial charge on any atom is -0.496 e. The van der Waals surface area contributed by atoms with Crippen molar-refractivity contribution in [2.45, 2.75) is 96.5 Å². The normalized spacial score (nSPS) is 21.4. The second-order valence-corrected chi connectivity index (χ2v) is 10.9. The molecule has 3 rings (SSSR count). The van der Waals surface area contributed by atoms with E-state index in [0.717, 1.165) is 35.5 Å². The molecule has 184 valence electrons. The standard InChI is InChI=1S/C28H43NO4/c1-7-8-9-10-13-27(2,3)20-17-23(32-6)25-21-16-19(26(31)29-14-15-30)11-12-22(21)28(4,5)33-24(25)18-20/h11,17-18,21-22,30H,7-10,12-16H2,1-6H3,(H,29,31)/t21-,22?/m1/s1. The molecule has 0 saturated carbocycles. The molecule has 2 N–H and O–H groups in total. The zero-order valence-electron chi connectivity index (χ0n) is 21.4. The molecule has 0 bridgehead atoms. The first-order chi connectivity index (χ1) is 15.6. The number of carbonyl (C=O) groups excluding carboxylic acids is 1. The fraction of sp³-hybridized carbons (Fsp3) is 0.679. The third kappa shape index (κ3) is 5.56. The number of unbranched alkanes of at least 4 members (excludes halogenated alkanes) is 3. The third-order valence-electron chi connectivity index (χ3n) is 7.63. The van der Waals surface area contributed by atoms with Crippen LogP contribution in [0.15, 0.2) is 23.8 Å². The third-order valence-corrected chi connectivity index (χ3v) is 7.63. The molecule has 33 heavy (non-hydrogen) atoms. The van der Waals surface area contributed by atoms with Crippen LogP contribution in [-0.4, -0.2) is 36.9 Å². The molecule has 1 aliphatic heterocycles. The summed E-state index contributed by atoms with van der Waals surface area (Å²) in [5.74, 6) is 2.10. The van der Waals surface area contributed by atoms with Crippen LogP contribution in [0.1, 0.15) is 96.6 Å². The Labute approximate surface area is 199 Å². The van der Waals surface area contributed by atoms with Gasteiger partial charge in [0.25, 0.3) is 0 Å². The van der Waals surface area contributed by atoms with Gasteiger partial charge in [0.1, 0.15) is 17.1 Å². The fourth-order valence-electron chi connectivity index (χ4n) is 5.54. The number of hydrogen-bond acceptors (Lipinski definition) is 4. The van der Waals surface area contributed by atoms with E-state index in [0.29, 0.717) is 6.42 Å². The van der Waals surface area contributed by atoms with Crippen LogP contribution < -0.4 is 14.8 Å². The molecule has 0 spiro atoms. The highest BCUT2D eigenvalue weighted by atomic mass is 16.5. The van der Waals surface area contributed by atoms with Crippen molar-refractivity contribution in [3.63, 3.8) is 0 Å². The van der Waals surface area contributed by atoms with E-state index in [1.807, 2.05) is 6.08 Å². The molecular weight excluding hydrogens is 414 g/mol. The van der Waals surface area contributed by atoms with Crippen LogP contribution in [0.5, 0.6) is 11.5 Å². The summed E-state index contributed by atoms with van der Waals surface area (Å²) >= 11 is 0. The van der Waals surface area contributed by atoms with Crippen LogP contribution in [0.25, 0.3) is 0 Å². The SMILES string of the molecule is CCCCCCC(C)(C)c1cc(OC)c2c(c1)OC(C)(C)C1CC=C(C(=O)NCCO)C[C@@H]21. The van der Waals surface area contributed by atoms with Gasteiger partial charge in [-0.05, 0) is 56.2 Å². The number of fused-ring (bicyclic) bond motifs is 3. The van der Waals surface area contributed by atoms with E-state index in [1.165, 1.54) is 31.2 Å². The largest absolute Gasteiger partial charge is 0.496 e. The number of nitrogens with one attached hydrogen (secondary N) is 1. The van der Waals surface area contributed by atoms with E-state index in [4.69, 9.17) is 14.6 Å². The van der Waals surface area contributed by atoms with Crippen molar-refractivity contribution in [1.29, 1.82) is 0 Å². The summed E-state index contributed by atoms with van der Waals surface area (Å²) in [5, 5.41) is 11.9. The average molecular weight is 458 g/mol. The van der Waals surface area contributed by atoms with E-state index in [1.54, 1.807) is 7.11 Å². The Balaban J connectivity index is 1.95. The van der Waals surface area contributed by atoms with Crippen molar-refractivity contribution in [3.8, 4) is 11.5 Å². The van der Waals surface area contributed by atoms with Gasteiger partial charge in [0.05, 0.1) is 13.7 Å². The zero-order chi connectivity index (χ0) is 24.2. The Bertz CT molecular complexity index is 871. The van der Waals surface area contributed by atoms with Crippen LogP contribution in [-0.2, 0) is 10.2 Å². The summed E-state index contributed by atoms with van der Waals surface area (Å²) in [6.07, 6.45) is 9.62. The van der Waals surface area contributed by atoms with Crippen LogP contribution in [0.4, 0.5) is 0 Å². The lowest BCUT2D eigenvalue weighted by Gasteiger charge is -2.47. The van der Waals surface area contributed by atoms with Gasteiger partial charge in [-0.25, -0.2) is 0 Å². The number of ether oxygens (including phenoxy) is 2. The summed E-state index contributed by atoms with van der Waals surface area (Å²) in [5.41, 5.74) is 2.82. The van der Waals surface area contributed by atoms with E-state index in [9.17, 15) is 4.79 Å². The zero-order valence-corrected chi connectivity index (χ0v) is 21.4. The summed E-state index contributed by atoms with van der Waals surface area (Å²) in [4.78, 5) is 12.6. The van der Waals surface area contributed by atoms with E-state index >= 15 is 0 Å². The maximum absolute atomic E-state index is 12.6. The molecular formula is C28H43NO4. The van der Waals surface area contributed by atoms with Gasteiger partial charge in [0.15, 0.2) is 0 Å². The van der Waals surface area contributed by atoms with Crippen molar-refractivity contribution in [2.24, 2.45) is 5.92 Å². The molecule has 5 nitrogen and oxygen atoms in total. The van der Waals surface area contributed by atoms with Gasteiger partial charge in [-0.3, -0.25) is 4.79 Å². The van der Waals surface area contributed by atoms with Gasteiger partial charge in [-0.15, -0.1) is 0 Å². The number of hydrogen-bond donors (Lipinski definition) is 2. The number of aliphatic hydroxyl groups is 1. The lowest BCUT2D eigenvalue weighted by atomic mass is 9.66. The van der Waals surface area contributed by atoms with Crippen molar-refractivity contribution in [2.75, 3.05) is 20.3 Å². The lowest BCUT2D eigenvalue weighted by Crippen LogP contribution is -2.46. The summed E-state index contributed by atoms with van der Waals surface area (Å²) in [6, 6.07) is 4.42. The molecule has 1 heterocycles. The number of rotatable bonds is 10. The molecule has 2 aliphatic rings. The summed E-state index contributed by atoms with van der Waals surface area (Å²) < 4.78 is 12.6. The van der Waals surface area contributed by atoms with Crippen LogP contribution in [0, 0.1) is 5.92 Å². The highest BCUT2D eigenvalue weighted by molar-refractivity contribution is 5.93. The van der Waals surface area contributed by atoms with Crippen LogP contribution in [0.3, 0.4) is 0 Å². The predicted molar refractivity (Wildman–Crippen MR) is 133 cm³/mol. The smallest absolute Gasteiger partial charge is 0.246 e. The van der Waals surface area contributed by atoms with E-state index < -0.39 is 0 Å². The van der Waals surface area contributed by atoms with Gasteiger partial charge < -0.3 is 19.9 Å². The van der Waals surface area contributed by atoms with Gasteiger partial charge >= 0.3 is 0 Å². The van der Waals surface area contributed by atoms with Gasteiger partial charge in [0, 0.05) is 29.5 Å². The average Bonchev–Trinajstić information content (AvgIpc) is 2.78. The Morgan fingerprint density at radius 3 is 2.70 bits per heavy atom. The Hall–Kier alpha value is -2.01. The quantitative estimate of drug-likeness (QED) is 0.446. The summed E-state index contributed by atoms with van der Waals surface area (Å²) in [7, 11) is 1.73. The Kier molecular flexibility index (Phi) is 8.15. The molecule has 0 fully saturated rings. The highest BCUT2D eigenvalue weighted by Gasteiger charge is 2.47. The number of benzene rings is 1. The van der Waals surface area contributed by atoms with E-state index in [-0.39, 0.29) is 41.9 Å². The molecule has 5 heteroatoms. The molecule has 0 saturated heterocycles. The first-order valence-electron chi connectivity index (χ1n) is 12.6. The van der Waals surface area contributed by atoms with Gasteiger partial charge in [0.2, 0.25) is 5.91 Å². The second-order valence-electron chi connectivity index (χ2n) is 10.9. The molecule has 1 aromatic carbocycles. The maximum atomic E-state index is 12.6. The number of carbonyl (C=O) groups is 1. The molecule has 1 aliphatic carbocycles. The van der Waals surface area contributed by atoms with Crippen molar-refractivity contribution >= 4 is 5.91 Å². The minimum atomic E-state index is -0.337. The highest BCUT2D eigenvalue weighted by Crippen LogP contribution is 2.55. The lowest BCUT2D eigenvalue weighted by molar-refractivity contribution is -0.118. The molecule has 1 unspecified atom stereocenters. The molecule has 1 amide bonds. The molecule has 0 aromatic heterocycles. The first kappa shape index (κ1) is 25.6. The number of allylic oxidation sites excluding steroid dienone is 1. The Morgan fingerprint density at radius 1 is 1.27 bits per heavy atom. The monoisotopic (exact) mass is 457 g/mol. The van der Waals surface area contributed by atoms with Crippen molar-refractivity contribution < 1.29 is 19.4 Å². The van der Waals surface area contributed by atoms with Crippen molar-refractivity contribution in [3.05, 3.63) is 34.9 Å². The fourth-order valence-corrected chi connectivity index (χ4v) is 5.54. The maximum Gasteiger partial charge on any atom is 0.246 e. The molecule has 0 radical (unpaired) electrons. The van der Waals surface area contributed by atoms with Crippen LogP contribution in [0.2, 0.25) is 0 Å². The predicted octanol–water partition coefficient (Wildman–Crippen LogP) is 5.64. The number of aliphatic hydroxyl groups excluding tert-OH is 1. The molecule has 2 atom stereocenters. The topological polar surface area (TPSA) is 67.8 Å².